The van der Waals surface area contributed by atoms with Crippen LogP contribution >= 0.6 is 0 Å². The minimum absolute atomic E-state index is 0. The van der Waals surface area contributed by atoms with Gasteiger partial charge >= 0.3 is 41.9 Å². The molecular weight excluding hydrogens is 334 g/mol. The molecule has 8 heteroatoms. The van der Waals surface area contributed by atoms with E-state index in [0.29, 0.717) is 17.2 Å². The van der Waals surface area contributed by atoms with E-state index in [1.807, 2.05) is 6.92 Å². The number of rotatable bonds is 6. The van der Waals surface area contributed by atoms with Gasteiger partial charge in [0, 0.05) is 0 Å². The average molecular weight is 351 g/mol. The second-order valence-electron chi connectivity index (χ2n) is 3.52. The van der Waals surface area contributed by atoms with Gasteiger partial charge in [0.05, 0.1) is 44.7 Å². The van der Waals surface area contributed by atoms with E-state index in [2.05, 4.69) is 12.0 Å². The molecule has 1 aromatic rings. The molecule has 0 aromatic heterocycles. The summed E-state index contributed by atoms with van der Waals surface area (Å²) in [6.07, 6.45) is 4.96. The normalized spacial score (nSPS) is 9.41. The van der Waals surface area contributed by atoms with Crippen LogP contribution in [0.2, 0.25) is 0 Å². The first-order valence-electron chi connectivity index (χ1n) is 5.45. The molecule has 0 heterocycles. The molecule has 0 radical (unpaired) electrons. The van der Waals surface area contributed by atoms with E-state index in [9.17, 15) is 0 Å². The number of benzene rings is 1. The van der Waals surface area contributed by atoms with E-state index in [4.69, 9.17) is 25.4 Å². The summed E-state index contributed by atoms with van der Waals surface area (Å²) < 4.78 is 21.1. The molecule has 0 amide bonds. The number of terminal acetylenes is 1. The van der Waals surface area contributed by atoms with Crippen molar-refractivity contribution < 1.29 is 62.6 Å². The molecule has 0 N–H and O–H groups in total. The van der Waals surface area contributed by atoms with Crippen LogP contribution < -0.4 is 57.9 Å². The molecule has 22 heavy (non-hydrogen) atoms. The van der Waals surface area contributed by atoms with Crippen LogP contribution in [0.4, 0.5) is 0 Å². The fourth-order valence-corrected chi connectivity index (χ4v) is 1.51. The first-order valence-corrected chi connectivity index (χ1v) is 5.45. The smallest absolute Gasteiger partial charge is 1.00 e. The summed E-state index contributed by atoms with van der Waals surface area (Å²) in [5, 5.41) is 0. The van der Waals surface area contributed by atoms with Crippen LogP contribution in [0.15, 0.2) is 6.07 Å². The molecule has 0 bridgehead atoms. The molecule has 1 atom stereocenters. The molecule has 4 nitrogen and oxygen atoms in total. The van der Waals surface area contributed by atoms with E-state index in [1.165, 1.54) is 0 Å². The van der Waals surface area contributed by atoms with Crippen LogP contribution in [0.1, 0.15) is 18.6 Å². The minimum atomic E-state index is -0.199. The number of methoxy groups -OCH3 is 3. The van der Waals surface area contributed by atoms with Gasteiger partial charge in [-0.25, -0.2) is 0 Å². The summed E-state index contributed by atoms with van der Waals surface area (Å²) in [6, 6.07) is 4.87. The number of hydrogen-bond acceptors (Lipinski definition) is 4. The van der Waals surface area contributed by atoms with Crippen molar-refractivity contribution in [3.05, 3.63) is 17.7 Å². The fraction of sp³-hybridized carbons (Fsp3) is 0.429. The van der Waals surface area contributed by atoms with Crippen molar-refractivity contribution in [1.29, 1.82) is 0 Å². The number of halogens is 2. The third kappa shape index (κ3) is 8.08. The third-order valence-corrected chi connectivity index (χ3v) is 2.46. The second-order valence-corrected chi connectivity index (χ2v) is 3.52. The summed E-state index contributed by atoms with van der Waals surface area (Å²) in [6.45, 7) is 2.13. The van der Waals surface area contributed by atoms with Gasteiger partial charge in [0.2, 0.25) is 0 Å². The van der Waals surface area contributed by atoms with E-state index in [1.54, 1.807) is 27.4 Å². The number of ether oxygens (including phenoxy) is 4. The van der Waals surface area contributed by atoms with E-state index in [-0.39, 0.29) is 79.4 Å². The Morgan fingerprint density at radius 3 is 2.18 bits per heavy atom. The Balaban J connectivity index is -0.000000405. The van der Waals surface area contributed by atoms with Crippen molar-refractivity contribution in [3.8, 4) is 29.6 Å². The molecule has 1 rings (SSSR count). The molecule has 0 unspecified atom stereocenters. The summed E-state index contributed by atoms with van der Waals surface area (Å²) in [4.78, 5) is 0. The largest absolute Gasteiger partial charge is 2.00 e. The molecule has 0 spiro atoms. The van der Waals surface area contributed by atoms with Crippen LogP contribution in [0, 0.1) is 18.4 Å². The van der Waals surface area contributed by atoms with Gasteiger partial charge in [-0.15, -0.1) is 24.1 Å². The Kier molecular flexibility index (Phi) is 21.8. The maximum Gasteiger partial charge on any atom is 2.00 e. The van der Waals surface area contributed by atoms with Gasteiger partial charge in [-0.1, -0.05) is 5.92 Å². The van der Waals surface area contributed by atoms with E-state index >= 15 is 0 Å². The predicted molar refractivity (Wildman–Crippen MR) is 73.9 cm³/mol. The summed E-state index contributed by atoms with van der Waals surface area (Å²) in [5.41, 5.74) is 0.791. The summed E-state index contributed by atoms with van der Waals surface area (Å²) >= 11 is 0. The quantitative estimate of drug-likeness (QED) is 0.290. The summed E-state index contributed by atoms with van der Waals surface area (Å²) in [5.74, 6) is 3.98. The molecule has 0 saturated carbocycles. The Labute approximate surface area is 173 Å². The molecule has 1 aromatic carbocycles. The first kappa shape index (κ1) is 30.0. The topological polar surface area (TPSA) is 36.9 Å². The van der Waals surface area contributed by atoms with Gasteiger partial charge < -0.3 is 43.8 Å². The zero-order chi connectivity index (χ0) is 13.5. The van der Waals surface area contributed by atoms with Gasteiger partial charge in [-0.05, 0) is 6.92 Å². The van der Waals surface area contributed by atoms with Crippen molar-refractivity contribution in [3.63, 3.8) is 0 Å². The van der Waals surface area contributed by atoms with Crippen molar-refractivity contribution in [2.75, 3.05) is 27.9 Å². The maximum atomic E-state index is 5.43. The van der Waals surface area contributed by atoms with Gasteiger partial charge in [0.1, 0.15) is 6.61 Å². The summed E-state index contributed by atoms with van der Waals surface area (Å²) in [7, 11) is 4.66. The van der Waals surface area contributed by atoms with Crippen molar-refractivity contribution in [1.82, 2.24) is 0 Å². The molecule has 114 valence electrons. The van der Waals surface area contributed by atoms with Gasteiger partial charge in [0.15, 0.2) is 0 Å². The zero-order valence-electron chi connectivity index (χ0n) is 13.5. The number of hydrogen-bond donors (Lipinski definition) is 0. The van der Waals surface area contributed by atoms with Crippen molar-refractivity contribution in [2.24, 2.45) is 0 Å². The van der Waals surface area contributed by atoms with Gasteiger partial charge in [-0.2, -0.15) is 0 Å². The molecule has 0 fully saturated rings. The molecule has 0 aliphatic rings. The van der Waals surface area contributed by atoms with Crippen LogP contribution in [0.25, 0.3) is 0 Å². The third-order valence-electron chi connectivity index (χ3n) is 2.46. The maximum absolute atomic E-state index is 5.43. The second kappa shape index (κ2) is 16.0. The Morgan fingerprint density at radius 1 is 1.18 bits per heavy atom. The predicted octanol–water partition coefficient (Wildman–Crippen LogP) is -7.15. The minimum Gasteiger partial charge on any atom is -1.00 e. The first-order chi connectivity index (χ1) is 8.67. The van der Waals surface area contributed by atoms with Crippen LogP contribution in [0.3, 0.4) is 0 Å². The van der Waals surface area contributed by atoms with E-state index < -0.39 is 0 Å². The van der Waals surface area contributed by atoms with Crippen LogP contribution in [-0.4, -0.2) is 51.0 Å². The average Bonchev–Trinajstić information content (AvgIpc) is 2.42. The van der Waals surface area contributed by atoms with Crippen molar-refractivity contribution >= 4 is 23.1 Å². The van der Waals surface area contributed by atoms with Gasteiger partial charge in [-0.3, -0.25) is 0 Å². The van der Waals surface area contributed by atoms with Crippen molar-refractivity contribution in [2.45, 2.75) is 13.0 Å². The van der Waals surface area contributed by atoms with Crippen LogP contribution in [0.5, 0.6) is 17.2 Å². The SMILES string of the molecule is C#CCO[C@H](C)c1[c-]c(OC)c(OC)c(OC)c1.[Cl-].[Cl-].[Li+].[Mg+2]. The monoisotopic (exact) mass is 350 g/mol. The van der Waals surface area contributed by atoms with E-state index in [0.717, 1.165) is 5.56 Å². The molecule has 0 saturated heterocycles. The Hall–Kier alpha value is 0.0836. The van der Waals surface area contributed by atoms with Gasteiger partial charge in [0.25, 0.3) is 0 Å². The zero-order valence-corrected chi connectivity index (χ0v) is 16.5. The fourth-order valence-electron chi connectivity index (χ4n) is 1.51. The molecule has 0 aliphatic heterocycles. The Morgan fingerprint density at radius 2 is 1.77 bits per heavy atom. The molecular formula is C14H17Cl2LiMgO4. The Bertz CT molecular complexity index is 430. The molecule has 0 aliphatic carbocycles. The van der Waals surface area contributed by atoms with Crippen LogP contribution in [-0.2, 0) is 4.74 Å². The standard InChI is InChI=1S/C14H17O4.2ClH.Li.Mg/c1-6-7-18-10(2)11-8-12(15-3)14(17-5)13(9-11)16-4;;;;/h1,8,10H,7H2,2-5H3;2*1H;;/q-1;;;+1;+2/p-2/t10-;;;;/m1..../s1.